The highest BCUT2D eigenvalue weighted by Crippen LogP contribution is 2.18. The lowest BCUT2D eigenvalue weighted by atomic mass is 10.1. The summed E-state index contributed by atoms with van der Waals surface area (Å²) in [6.45, 7) is 8.20. The minimum Gasteiger partial charge on any atom is -0.484 e. The molecule has 0 saturated carbocycles. The average Bonchev–Trinajstić information content (AvgIpc) is 2.62. The molecule has 1 saturated heterocycles. The highest BCUT2D eigenvalue weighted by Gasteiger charge is 2.21. The Kier molecular flexibility index (Phi) is 5.66. The molecule has 0 atom stereocenters. The molecule has 132 valence electrons. The van der Waals surface area contributed by atoms with E-state index in [9.17, 15) is 4.79 Å². The van der Waals surface area contributed by atoms with Crippen molar-refractivity contribution in [2.75, 3.05) is 32.8 Å². The summed E-state index contributed by atoms with van der Waals surface area (Å²) in [5, 5.41) is 0. The fraction of sp³-hybridized carbons (Fsp3) is 0.400. The first-order chi connectivity index (χ1) is 12.1. The van der Waals surface area contributed by atoms with Gasteiger partial charge in [0.1, 0.15) is 5.75 Å². The maximum Gasteiger partial charge on any atom is 0.260 e. The molecular formula is C20H25N3O2. The maximum atomic E-state index is 12.4. The summed E-state index contributed by atoms with van der Waals surface area (Å²) in [4.78, 5) is 21.0. The summed E-state index contributed by atoms with van der Waals surface area (Å²) in [6.07, 6.45) is 1.82. The lowest BCUT2D eigenvalue weighted by Gasteiger charge is -2.34. The van der Waals surface area contributed by atoms with Gasteiger partial charge in [-0.25, -0.2) is 0 Å². The second-order valence-corrected chi connectivity index (χ2v) is 6.54. The topological polar surface area (TPSA) is 45.7 Å². The number of carbonyl (C=O) groups is 1. The van der Waals surface area contributed by atoms with Gasteiger partial charge in [0.05, 0.1) is 5.69 Å². The van der Waals surface area contributed by atoms with Crippen LogP contribution in [0.25, 0.3) is 0 Å². The van der Waals surface area contributed by atoms with Crippen molar-refractivity contribution < 1.29 is 9.53 Å². The smallest absolute Gasteiger partial charge is 0.260 e. The first kappa shape index (κ1) is 17.4. The van der Waals surface area contributed by atoms with Gasteiger partial charge in [-0.3, -0.25) is 14.7 Å². The molecule has 2 aromatic rings. The molecule has 2 heterocycles. The van der Waals surface area contributed by atoms with Crippen molar-refractivity contribution in [2.45, 2.75) is 20.4 Å². The van der Waals surface area contributed by atoms with Crippen LogP contribution in [0.1, 0.15) is 16.8 Å². The second-order valence-electron chi connectivity index (χ2n) is 6.54. The fourth-order valence-corrected chi connectivity index (χ4v) is 3.07. The van der Waals surface area contributed by atoms with E-state index in [1.165, 1.54) is 5.56 Å². The minimum atomic E-state index is 0.0532. The normalized spacial score (nSPS) is 15.2. The summed E-state index contributed by atoms with van der Waals surface area (Å²) in [6, 6.07) is 12.0. The van der Waals surface area contributed by atoms with Crippen molar-refractivity contribution in [1.82, 2.24) is 14.8 Å². The number of nitrogens with zero attached hydrogens (tertiary/aromatic N) is 3. The van der Waals surface area contributed by atoms with E-state index in [0.717, 1.165) is 49.7 Å². The van der Waals surface area contributed by atoms with Crippen LogP contribution in [0.5, 0.6) is 5.75 Å². The Hall–Kier alpha value is -2.40. The predicted molar refractivity (Wildman–Crippen MR) is 97.5 cm³/mol. The Labute approximate surface area is 149 Å². The third-order valence-electron chi connectivity index (χ3n) is 4.52. The SMILES string of the molecule is Cc1ccc(OCC(=O)N2CCN(Cc3ccccn3)CC2)c(C)c1. The van der Waals surface area contributed by atoms with Crippen LogP contribution in [0.15, 0.2) is 42.6 Å². The van der Waals surface area contributed by atoms with Gasteiger partial charge in [0.15, 0.2) is 6.61 Å². The van der Waals surface area contributed by atoms with Gasteiger partial charge in [-0.2, -0.15) is 0 Å². The van der Waals surface area contributed by atoms with E-state index >= 15 is 0 Å². The maximum absolute atomic E-state index is 12.4. The number of benzene rings is 1. The van der Waals surface area contributed by atoms with E-state index < -0.39 is 0 Å². The Morgan fingerprint density at radius 3 is 2.60 bits per heavy atom. The predicted octanol–water partition coefficient (Wildman–Crippen LogP) is 2.42. The standard InChI is InChI=1S/C20H25N3O2/c1-16-6-7-19(17(2)13-16)25-15-20(24)23-11-9-22(10-12-23)14-18-5-3-4-8-21-18/h3-8,13H,9-12,14-15H2,1-2H3. The van der Waals surface area contributed by atoms with Crippen LogP contribution in [0.4, 0.5) is 0 Å². The molecule has 0 radical (unpaired) electrons. The lowest BCUT2D eigenvalue weighted by Crippen LogP contribution is -2.49. The number of hydrogen-bond acceptors (Lipinski definition) is 4. The number of piperazine rings is 1. The van der Waals surface area contributed by atoms with Crippen molar-refractivity contribution in [3.8, 4) is 5.75 Å². The Morgan fingerprint density at radius 2 is 1.92 bits per heavy atom. The van der Waals surface area contributed by atoms with E-state index in [2.05, 4.69) is 16.0 Å². The highest BCUT2D eigenvalue weighted by atomic mass is 16.5. The zero-order chi connectivity index (χ0) is 17.6. The summed E-state index contributed by atoms with van der Waals surface area (Å²) >= 11 is 0. The Balaban J connectivity index is 1.45. The van der Waals surface area contributed by atoms with Crippen LogP contribution >= 0.6 is 0 Å². The second kappa shape index (κ2) is 8.12. The van der Waals surface area contributed by atoms with Crippen LogP contribution in [0.3, 0.4) is 0 Å². The molecule has 3 rings (SSSR count). The molecule has 0 unspecified atom stereocenters. The number of rotatable bonds is 5. The quantitative estimate of drug-likeness (QED) is 0.839. The molecule has 0 bridgehead atoms. The molecule has 1 aromatic carbocycles. The van der Waals surface area contributed by atoms with Crippen LogP contribution in [-0.2, 0) is 11.3 Å². The number of aromatic nitrogens is 1. The molecule has 25 heavy (non-hydrogen) atoms. The van der Waals surface area contributed by atoms with E-state index in [1.54, 1.807) is 0 Å². The van der Waals surface area contributed by atoms with E-state index in [-0.39, 0.29) is 12.5 Å². The third-order valence-corrected chi connectivity index (χ3v) is 4.52. The molecule has 0 N–H and O–H groups in total. The van der Waals surface area contributed by atoms with Gasteiger partial charge in [0.25, 0.3) is 5.91 Å². The molecule has 0 aliphatic carbocycles. The highest BCUT2D eigenvalue weighted by molar-refractivity contribution is 5.78. The molecule has 1 amide bonds. The molecule has 0 spiro atoms. The summed E-state index contributed by atoms with van der Waals surface area (Å²) in [5.74, 6) is 0.838. The van der Waals surface area contributed by atoms with Crippen molar-refractivity contribution in [3.05, 3.63) is 59.4 Å². The van der Waals surface area contributed by atoms with Gasteiger partial charge in [0, 0.05) is 38.9 Å². The minimum absolute atomic E-state index is 0.0532. The number of carbonyl (C=O) groups excluding carboxylic acids is 1. The van der Waals surface area contributed by atoms with Crippen LogP contribution in [0.2, 0.25) is 0 Å². The van der Waals surface area contributed by atoms with Gasteiger partial charge in [0.2, 0.25) is 0 Å². The fourth-order valence-electron chi connectivity index (χ4n) is 3.07. The Morgan fingerprint density at radius 1 is 1.12 bits per heavy atom. The van der Waals surface area contributed by atoms with Crippen molar-refractivity contribution in [2.24, 2.45) is 0 Å². The molecule has 1 aliphatic rings. The van der Waals surface area contributed by atoms with Gasteiger partial charge < -0.3 is 9.64 Å². The lowest BCUT2D eigenvalue weighted by molar-refractivity contribution is -0.135. The van der Waals surface area contributed by atoms with E-state index in [0.29, 0.717) is 0 Å². The van der Waals surface area contributed by atoms with Gasteiger partial charge in [-0.1, -0.05) is 23.8 Å². The van der Waals surface area contributed by atoms with E-state index in [4.69, 9.17) is 4.74 Å². The molecule has 5 heteroatoms. The summed E-state index contributed by atoms with van der Waals surface area (Å²) < 4.78 is 5.71. The third kappa shape index (κ3) is 4.79. The number of amides is 1. The first-order valence-electron chi connectivity index (χ1n) is 8.72. The summed E-state index contributed by atoms with van der Waals surface area (Å²) in [7, 11) is 0. The van der Waals surface area contributed by atoms with Crippen molar-refractivity contribution in [3.63, 3.8) is 0 Å². The van der Waals surface area contributed by atoms with Crippen LogP contribution in [0, 0.1) is 13.8 Å². The Bertz CT molecular complexity index is 710. The van der Waals surface area contributed by atoms with Crippen molar-refractivity contribution >= 4 is 5.91 Å². The monoisotopic (exact) mass is 339 g/mol. The van der Waals surface area contributed by atoms with Gasteiger partial charge in [-0.05, 0) is 37.6 Å². The first-order valence-corrected chi connectivity index (χ1v) is 8.72. The van der Waals surface area contributed by atoms with Crippen molar-refractivity contribution in [1.29, 1.82) is 0 Å². The summed E-state index contributed by atoms with van der Waals surface area (Å²) in [5.41, 5.74) is 3.33. The molecule has 1 aromatic heterocycles. The molecule has 1 fully saturated rings. The van der Waals surface area contributed by atoms with Crippen LogP contribution in [-0.4, -0.2) is 53.5 Å². The van der Waals surface area contributed by atoms with Gasteiger partial charge >= 0.3 is 0 Å². The van der Waals surface area contributed by atoms with Gasteiger partial charge in [-0.15, -0.1) is 0 Å². The largest absolute Gasteiger partial charge is 0.484 e. The number of pyridine rings is 1. The van der Waals surface area contributed by atoms with Crippen LogP contribution < -0.4 is 4.74 Å². The average molecular weight is 339 g/mol. The molecule has 5 nitrogen and oxygen atoms in total. The zero-order valence-corrected chi connectivity index (χ0v) is 14.9. The number of ether oxygens (including phenoxy) is 1. The number of hydrogen-bond donors (Lipinski definition) is 0. The zero-order valence-electron chi connectivity index (χ0n) is 14.9. The molecule has 1 aliphatic heterocycles. The van der Waals surface area contributed by atoms with E-state index in [1.807, 2.05) is 55.3 Å². The number of aryl methyl sites for hydroxylation is 2. The molecular weight excluding hydrogens is 314 g/mol.